The van der Waals surface area contributed by atoms with Crippen LogP contribution < -0.4 is 9.80 Å². The van der Waals surface area contributed by atoms with E-state index in [0.29, 0.717) is 11.0 Å². The van der Waals surface area contributed by atoms with E-state index < -0.39 is 40.1 Å². The number of urea groups is 1. The minimum Gasteiger partial charge on any atom is -0.346 e. The predicted octanol–water partition coefficient (Wildman–Crippen LogP) is 4.39. The van der Waals surface area contributed by atoms with E-state index in [2.05, 4.69) is 9.97 Å². The van der Waals surface area contributed by atoms with Gasteiger partial charge in [-0.1, -0.05) is 6.07 Å². The Morgan fingerprint density at radius 2 is 1.69 bits per heavy atom. The Balaban J connectivity index is 1.44. The van der Waals surface area contributed by atoms with Crippen LogP contribution in [0.2, 0.25) is 0 Å². The molecule has 1 aliphatic rings. The molecule has 8 nitrogen and oxygen atoms in total. The smallest absolute Gasteiger partial charge is 0.346 e. The predicted molar refractivity (Wildman–Crippen MR) is 120 cm³/mol. The molecular weight excluding hydrogens is 485 g/mol. The lowest BCUT2D eigenvalue weighted by Crippen LogP contribution is -2.33. The summed E-state index contributed by atoms with van der Waals surface area (Å²) < 4.78 is 65.5. The second-order valence-corrected chi connectivity index (χ2v) is 9.61. The number of anilines is 2. The maximum absolute atomic E-state index is 13.2. The summed E-state index contributed by atoms with van der Waals surface area (Å²) in [4.78, 5) is 34.1. The van der Waals surface area contributed by atoms with Crippen LogP contribution in [0.4, 0.5) is 29.3 Å². The molecule has 2 aromatic carbocycles. The lowest BCUT2D eigenvalue weighted by molar-refractivity contribution is -0.137. The van der Waals surface area contributed by atoms with Gasteiger partial charge < -0.3 is 4.98 Å². The molecule has 1 N–H and O–H groups in total. The van der Waals surface area contributed by atoms with Crippen LogP contribution in [0.25, 0.3) is 11.0 Å². The van der Waals surface area contributed by atoms with Crippen molar-refractivity contribution in [2.75, 3.05) is 16.3 Å². The van der Waals surface area contributed by atoms with Gasteiger partial charge in [-0.25, -0.2) is 23.1 Å². The van der Waals surface area contributed by atoms with Crippen molar-refractivity contribution in [2.24, 2.45) is 0 Å². The summed E-state index contributed by atoms with van der Waals surface area (Å²) in [5.74, 6) is -0.661. The number of aromatic amines is 1. The minimum atomic E-state index is -4.61. The SMILES string of the molecule is O=C1CN(c2cccc(C(F)(F)F)c2)C(=O)N1c1ccc(S(=O)(=O)c2ccnc3[nH]ccc23)cc1. The number of sulfone groups is 1. The van der Waals surface area contributed by atoms with Crippen molar-refractivity contribution in [1.82, 2.24) is 9.97 Å². The molecule has 3 amide bonds. The first-order valence-electron chi connectivity index (χ1n) is 10.2. The van der Waals surface area contributed by atoms with Crippen molar-refractivity contribution < 1.29 is 31.2 Å². The number of nitrogens with one attached hydrogen (secondary N) is 1. The molecule has 35 heavy (non-hydrogen) atoms. The topological polar surface area (TPSA) is 103 Å². The molecule has 12 heteroatoms. The molecule has 1 saturated heterocycles. The third kappa shape index (κ3) is 3.81. The van der Waals surface area contributed by atoms with Gasteiger partial charge in [-0.05, 0) is 54.6 Å². The third-order valence-electron chi connectivity index (χ3n) is 5.57. The van der Waals surface area contributed by atoms with E-state index in [4.69, 9.17) is 0 Å². The van der Waals surface area contributed by atoms with E-state index in [0.717, 1.165) is 28.0 Å². The van der Waals surface area contributed by atoms with Gasteiger partial charge in [0.05, 0.1) is 21.0 Å². The molecule has 0 spiro atoms. The molecule has 0 bridgehead atoms. The summed E-state index contributed by atoms with van der Waals surface area (Å²) in [5, 5.41) is 0.415. The number of amides is 3. The van der Waals surface area contributed by atoms with E-state index in [9.17, 15) is 31.2 Å². The van der Waals surface area contributed by atoms with Crippen LogP contribution in [0.15, 0.2) is 82.8 Å². The first-order valence-corrected chi connectivity index (χ1v) is 11.6. The molecule has 0 radical (unpaired) electrons. The number of nitrogens with zero attached hydrogens (tertiary/aromatic N) is 3. The van der Waals surface area contributed by atoms with Gasteiger partial charge >= 0.3 is 12.2 Å². The zero-order chi connectivity index (χ0) is 25.0. The van der Waals surface area contributed by atoms with E-state index in [1.807, 2.05) is 0 Å². The summed E-state index contributed by atoms with van der Waals surface area (Å²) in [7, 11) is -3.94. The maximum atomic E-state index is 13.2. The number of halogens is 3. The molecule has 0 saturated carbocycles. The fourth-order valence-electron chi connectivity index (χ4n) is 3.88. The van der Waals surface area contributed by atoms with Gasteiger partial charge in [-0.15, -0.1) is 0 Å². The fraction of sp³-hybridized carbons (Fsp3) is 0.0870. The van der Waals surface area contributed by atoms with Gasteiger partial charge in [-0.3, -0.25) is 9.69 Å². The van der Waals surface area contributed by atoms with Gasteiger partial charge in [-0.2, -0.15) is 13.2 Å². The van der Waals surface area contributed by atoms with Crippen LogP contribution in [0.1, 0.15) is 5.56 Å². The van der Waals surface area contributed by atoms with Gasteiger partial charge in [0, 0.05) is 23.5 Å². The standard InChI is InChI=1S/C23H15F3N4O4S/c24-23(25,26)14-2-1-3-16(12-14)29-13-20(31)30(22(29)32)15-4-6-17(7-5-15)35(33,34)19-9-11-28-21-18(19)8-10-27-21/h1-12H,13H2,(H,27,28). The van der Waals surface area contributed by atoms with E-state index in [-0.39, 0.29) is 21.2 Å². The number of carbonyl (C=O) groups is 2. The van der Waals surface area contributed by atoms with Crippen molar-refractivity contribution in [1.29, 1.82) is 0 Å². The van der Waals surface area contributed by atoms with Crippen LogP contribution >= 0.6 is 0 Å². The van der Waals surface area contributed by atoms with Crippen LogP contribution in [0, 0.1) is 0 Å². The van der Waals surface area contributed by atoms with Crippen molar-refractivity contribution in [2.45, 2.75) is 16.0 Å². The van der Waals surface area contributed by atoms with E-state index in [1.54, 1.807) is 12.3 Å². The van der Waals surface area contributed by atoms with Gasteiger partial charge in [0.15, 0.2) is 0 Å². The second-order valence-electron chi connectivity index (χ2n) is 7.69. The highest BCUT2D eigenvalue weighted by atomic mass is 32.2. The fourth-order valence-corrected chi connectivity index (χ4v) is 5.32. The molecule has 3 heterocycles. The Morgan fingerprint density at radius 1 is 0.943 bits per heavy atom. The van der Waals surface area contributed by atoms with Crippen LogP contribution in [-0.4, -0.2) is 36.9 Å². The van der Waals surface area contributed by atoms with Crippen LogP contribution in [-0.2, 0) is 20.8 Å². The number of aromatic nitrogens is 2. The molecule has 0 aliphatic carbocycles. The number of pyridine rings is 1. The van der Waals surface area contributed by atoms with Gasteiger partial charge in [0.1, 0.15) is 12.2 Å². The number of benzene rings is 2. The molecule has 4 aromatic rings. The highest BCUT2D eigenvalue weighted by Crippen LogP contribution is 2.34. The molecule has 0 atom stereocenters. The molecule has 178 valence electrons. The largest absolute Gasteiger partial charge is 0.416 e. The molecule has 2 aromatic heterocycles. The zero-order valence-electron chi connectivity index (χ0n) is 17.7. The van der Waals surface area contributed by atoms with Crippen molar-refractivity contribution >= 4 is 44.2 Å². The second kappa shape index (κ2) is 7.94. The summed E-state index contributed by atoms with van der Waals surface area (Å²) in [6.07, 6.45) is -1.67. The Bertz CT molecular complexity index is 1580. The molecule has 5 rings (SSSR count). The molecule has 1 fully saturated rings. The summed E-state index contributed by atoms with van der Waals surface area (Å²) in [6.45, 7) is -0.456. The number of imide groups is 1. The molecular formula is C23H15F3N4O4S. The Morgan fingerprint density at radius 3 is 2.40 bits per heavy atom. The van der Waals surface area contributed by atoms with Crippen molar-refractivity contribution in [3.63, 3.8) is 0 Å². The Kier molecular flexibility index (Phi) is 5.13. The monoisotopic (exact) mass is 500 g/mol. The van der Waals surface area contributed by atoms with Gasteiger partial charge in [0.25, 0.3) is 5.91 Å². The maximum Gasteiger partial charge on any atom is 0.416 e. The molecule has 1 aliphatic heterocycles. The average Bonchev–Trinajstić information content (AvgIpc) is 3.42. The minimum absolute atomic E-state index is 0.0422. The quantitative estimate of drug-likeness (QED) is 0.419. The summed E-state index contributed by atoms with van der Waals surface area (Å²) >= 11 is 0. The number of alkyl halides is 3. The first-order chi connectivity index (χ1) is 16.6. The Labute approximate surface area is 196 Å². The number of hydrogen-bond acceptors (Lipinski definition) is 5. The summed E-state index contributed by atoms with van der Waals surface area (Å²) in [6, 6.07) is 11.4. The highest BCUT2D eigenvalue weighted by molar-refractivity contribution is 7.91. The number of H-pyrrole nitrogens is 1. The van der Waals surface area contributed by atoms with Crippen molar-refractivity contribution in [3.8, 4) is 0 Å². The lowest BCUT2D eigenvalue weighted by atomic mass is 10.2. The van der Waals surface area contributed by atoms with E-state index >= 15 is 0 Å². The van der Waals surface area contributed by atoms with Crippen LogP contribution in [0.5, 0.6) is 0 Å². The number of fused-ring (bicyclic) bond motifs is 1. The zero-order valence-corrected chi connectivity index (χ0v) is 18.5. The molecule has 0 unspecified atom stereocenters. The Hall–Kier alpha value is -4.19. The summed E-state index contributed by atoms with van der Waals surface area (Å²) in [5.41, 5.74) is -0.524. The normalized spacial score (nSPS) is 14.8. The third-order valence-corrected chi connectivity index (χ3v) is 7.39. The number of carbonyl (C=O) groups excluding carboxylic acids is 2. The van der Waals surface area contributed by atoms with E-state index in [1.165, 1.54) is 42.6 Å². The highest BCUT2D eigenvalue weighted by Gasteiger charge is 2.39. The average molecular weight is 500 g/mol. The number of rotatable bonds is 4. The number of hydrogen-bond donors (Lipinski definition) is 1. The lowest BCUT2D eigenvalue weighted by Gasteiger charge is -2.18. The first kappa shape index (κ1) is 22.6. The van der Waals surface area contributed by atoms with Gasteiger partial charge in [0.2, 0.25) is 9.84 Å². The van der Waals surface area contributed by atoms with Crippen LogP contribution in [0.3, 0.4) is 0 Å². The van der Waals surface area contributed by atoms with Crippen molar-refractivity contribution in [3.05, 3.63) is 78.6 Å².